The maximum atomic E-state index is 12.7. The van der Waals surface area contributed by atoms with Crippen molar-refractivity contribution in [1.82, 2.24) is 9.78 Å². The third-order valence-electron chi connectivity index (χ3n) is 3.39. The Hall–Kier alpha value is -1.96. The number of anilines is 1. The molecule has 0 bridgehead atoms. The van der Waals surface area contributed by atoms with Crippen molar-refractivity contribution in [3.63, 3.8) is 0 Å². The Labute approximate surface area is 134 Å². The van der Waals surface area contributed by atoms with Gasteiger partial charge >= 0.3 is 5.76 Å². The largest absolute Gasteiger partial charge is 0.384 e. The van der Waals surface area contributed by atoms with Crippen LogP contribution in [0.2, 0.25) is 0 Å². The molecule has 1 heterocycles. The standard InChI is InChI=1S/C15H19F2N3O2S/c1-11-10-12(2)20(19-11)9-5-8-18-13-6-3-4-7-14(13)23(21,22)15(16)17/h3-4,6-7,10,15,18H,5,8-9H2,1-2H3. The highest BCUT2D eigenvalue weighted by atomic mass is 32.2. The van der Waals surface area contributed by atoms with Gasteiger partial charge in [0.1, 0.15) is 0 Å². The molecule has 0 spiro atoms. The van der Waals surface area contributed by atoms with Crippen LogP contribution in [0.3, 0.4) is 0 Å². The van der Waals surface area contributed by atoms with Gasteiger partial charge in [0.15, 0.2) is 0 Å². The monoisotopic (exact) mass is 343 g/mol. The van der Waals surface area contributed by atoms with Crippen molar-refractivity contribution in [2.45, 2.75) is 37.5 Å². The van der Waals surface area contributed by atoms with Crippen molar-refractivity contribution in [3.8, 4) is 0 Å². The van der Waals surface area contributed by atoms with Crippen LogP contribution in [0.4, 0.5) is 14.5 Å². The molecule has 8 heteroatoms. The zero-order valence-corrected chi connectivity index (χ0v) is 13.8. The predicted octanol–water partition coefficient (Wildman–Crippen LogP) is 3.00. The molecule has 5 nitrogen and oxygen atoms in total. The molecule has 0 saturated carbocycles. The molecule has 1 aromatic heterocycles. The first-order valence-corrected chi connectivity index (χ1v) is 8.73. The van der Waals surface area contributed by atoms with E-state index in [0.29, 0.717) is 19.5 Å². The molecule has 0 aliphatic carbocycles. The zero-order chi connectivity index (χ0) is 17.0. The second kappa shape index (κ2) is 7.08. The molecule has 126 valence electrons. The van der Waals surface area contributed by atoms with Crippen LogP contribution in [0.15, 0.2) is 35.2 Å². The second-order valence-corrected chi connectivity index (χ2v) is 7.12. The number of sulfone groups is 1. The molecule has 23 heavy (non-hydrogen) atoms. The van der Waals surface area contributed by atoms with Gasteiger partial charge in [0, 0.05) is 18.8 Å². The Morgan fingerprint density at radius 2 is 1.96 bits per heavy atom. The van der Waals surface area contributed by atoms with Crippen molar-refractivity contribution < 1.29 is 17.2 Å². The highest BCUT2D eigenvalue weighted by Gasteiger charge is 2.28. The van der Waals surface area contributed by atoms with Gasteiger partial charge in [-0.15, -0.1) is 0 Å². The van der Waals surface area contributed by atoms with E-state index in [2.05, 4.69) is 10.4 Å². The van der Waals surface area contributed by atoms with Crippen molar-refractivity contribution in [2.24, 2.45) is 0 Å². The van der Waals surface area contributed by atoms with E-state index >= 15 is 0 Å². The highest BCUT2D eigenvalue weighted by Crippen LogP contribution is 2.25. The number of para-hydroxylation sites is 1. The highest BCUT2D eigenvalue weighted by molar-refractivity contribution is 7.91. The molecule has 1 N–H and O–H groups in total. The lowest BCUT2D eigenvalue weighted by molar-refractivity contribution is 0.235. The summed E-state index contributed by atoms with van der Waals surface area (Å²) in [5.41, 5.74) is 2.17. The van der Waals surface area contributed by atoms with E-state index in [1.165, 1.54) is 18.2 Å². The van der Waals surface area contributed by atoms with Gasteiger partial charge in [-0.1, -0.05) is 12.1 Å². The second-order valence-electron chi connectivity index (χ2n) is 5.23. The minimum absolute atomic E-state index is 0.196. The first kappa shape index (κ1) is 17.4. The van der Waals surface area contributed by atoms with Crippen LogP contribution in [-0.4, -0.2) is 30.5 Å². The van der Waals surface area contributed by atoms with E-state index in [9.17, 15) is 17.2 Å². The van der Waals surface area contributed by atoms with E-state index in [1.54, 1.807) is 6.07 Å². The first-order chi connectivity index (χ1) is 10.8. The van der Waals surface area contributed by atoms with Crippen molar-refractivity contribution in [2.75, 3.05) is 11.9 Å². The van der Waals surface area contributed by atoms with Gasteiger partial charge in [0.25, 0.3) is 0 Å². The van der Waals surface area contributed by atoms with Crippen molar-refractivity contribution in [1.29, 1.82) is 0 Å². The molecule has 1 aromatic carbocycles. The number of nitrogens with one attached hydrogen (secondary N) is 1. The maximum absolute atomic E-state index is 12.7. The Balaban J connectivity index is 2.00. The molecule has 0 saturated heterocycles. The lowest BCUT2D eigenvalue weighted by atomic mass is 10.3. The Morgan fingerprint density at radius 3 is 2.57 bits per heavy atom. The van der Waals surface area contributed by atoms with Crippen LogP contribution in [0.25, 0.3) is 0 Å². The van der Waals surface area contributed by atoms with Crippen LogP contribution in [0.5, 0.6) is 0 Å². The SMILES string of the molecule is Cc1cc(C)n(CCCNc2ccccc2S(=O)(=O)C(F)F)n1. The number of aromatic nitrogens is 2. The number of benzene rings is 1. The molecular formula is C15H19F2N3O2S. The number of aryl methyl sites for hydroxylation is 3. The summed E-state index contributed by atoms with van der Waals surface area (Å²) >= 11 is 0. The summed E-state index contributed by atoms with van der Waals surface area (Å²) in [5, 5.41) is 7.25. The number of alkyl halides is 2. The van der Waals surface area contributed by atoms with Gasteiger partial charge in [0.2, 0.25) is 9.84 Å². The summed E-state index contributed by atoms with van der Waals surface area (Å²) < 4.78 is 50.6. The van der Waals surface area contributed by atoms with Crippen LogP contribution >= 0.6 is 0 Å². The van der Waals surface area contributed by atoms with Gasteiger partial charge < -0.3 is 5.32 Å². The van der Waals surface area contributed by atoms with Crippen molar-refractivity contribution >= 4 is 15.5 Å². The van der Waals surface area contributed by atoms with E-state index in [1.807, 2.05) is 24.6 Å². The Kier molecular flexibility index (Phi) is 5.35. The maximum Gasteiger partial charge on any atom is 0.341 e. The molecular weight excluding hydrogens is 324 g/mol. The van der Waals surface area contributed by atoms with Crippen LogP contribution in [0.1, 0.15) is 17.8 Å². The van der Waals surface area contributed by atoms with E-state index in [0.717, 1.165) is 11.4 Å². The zero-order valence-electron chi connectivity index (χ0n) is 13.0. The van der Waals surface area contributed by atoms with E-state index in [-0.39, 0.29) is 10.6 Å². The molecule has 2 rings (SSSR count). The lowest BCUT2D eigenvalue weighted by Crippen LogP contribution is -2.15. The normalized spacial score (nSPS) is 11.9. The van der Waals surface area contributed by atoms with E-state index < -0.39 is 15.6 Å². The summed E-state index contributed by atoms with van der Waals surface area (Å²) in [7, 11) is -4.61. The first-order valence-electron chi connectivity index (χ1n) is 7.18. The molecule has 0 radical (unpaired) electrons. The number of hydrogen-bond acceptors (Lipinski definition) is 4. The van der Waals surface area contributed by atoms with Crippen LogP contribution in [-0.2, 0) is 16.4 Å². The van der Waals surface area contributed by atoms with Gasteiger partial charge in [0.05, 0.1) is 16.3 Å². The molecule has 0 aliphatic rings. The van der Waals surface area contributed by atoms with Gasteiger partial charge in [-0.3, -0.25) is 4.68 Å². The quantitative estimate of drug-likeness (QED) is 0.785. The average molecular weight is 343 g/mol. The smallest absolute Gasteiger partial charge is 0.341 e. The molecule has 2 aromatic rings. The number of hydrogen-bond donors (Lipinski definition) is 1. The third kappa shape index (κ3) is 4.07. The molecule has 0 unspecified atom stereocenters. The summed E-state index contributed by atoms with van der Waals surface area (Å²) in [6.07, 6.45) is 0.686. The van der Waals surface area contributed by atoms with Gasteiger partial charge in [-0.25, -0.2) is 8.42 Å². The van der Waals surface area contributed by atoms with Gasteiger partial charge in [-0.2, -0.15) is 13.9 Å². The number of rotatable bonds is 7. The Morgan fingerprint density at radius 1 is 1.26 bits per heavy atom. The predicted molar refractivity (Wildman–Crippen MR) is 84.4 cm³/mol. The molecule has 0 amide bonds. The fourth-order valence-electron chi connectivity index (χ4n) is 2.31. The molecule has 0 fully saturated rings. The fourth-order valence-corrected chi connectivity index (χ4v) is 3.22. The van der Waals surface area contributed by atoms with Crippen molar-refractivity contribution in [3.05, 3.63) is 41.7 Å². The third-order valence-corrected chi connectivity index (χ3v) is 4.83. The lowest BCUT2D eigenvalue weighted by Gasteiger charge is -2.12. The molecule has 0 aliphatic heterocycles. The van der Waals surface area contributed by atoms with E-state index in [4.69, 9.17) is 0 Å². The topological polar surface area (TPSA) is 64.0 Å². The van der Waals surface area contributed by atoms with Crippen LogP contribution < -0.4 is 5.32 Å². The number of nitrogens with zero attached hydrogens (tertiary/aromatic N) is 2. The minimum Gasteiger partial charge on any atom is -0.384 e. The molecule has 0 atom stereocenters. The Bertz CT molecular complexity index is 773. The van der Waals surface area contributed by atoms with Crippen LogP contribution in [0, 0.1) is 13.8 Å². The summed E-state index contributed by atoms with van der Waals surface area (Å²) in [6, 6.07) is 7.67. The number of halogens is 2. The minimum atomic E-state index is -4.61. The van der Waals surface area contributed by atoms with Gasteiger partial charge in [-0.05, 0) is 38.5 Å². The summed E-state index contributed by atoms with van der Waals surface area (Å²) in [6.45, 7) is 4.98. The average Bonchev–Trinajstić information content (AvgIpc) is 2.81. The fraction of sp³-hybridized carbons (Fsp3) is 0.400. The summed E-state index contributed by atoms with van der Waals surface area (Å²) in [4.78, 5) is -0.374. The summed E-state index contributed by atoms with van der Waals surface area (Å²) in [5.74, 6) is -3.43.